The average Bonchev–Trinajstić information content (AvgIpc) is 2.48. The van der Waals surface area contributed by atoms with Crippen LogP contribution < -0.4 is 10.6 Å². The maximum atomic E-state index is 12.8. The molecule has 1 unspecified atom stereocenters. The number of nitrogens with zero attached hydrogens (tertiary/aromatic N) is 2. The predicted octanol–water partition coefficient (Wildman–Crippen LogP) is 3.16. The van der Waals surface area contributed by atoms with E-state index in [-0.39, 0.29) is 5.91 Å². The van der Waals surface area contributed by atoms with Gasteiger partial charge in [-0.25, -0.2) is 4.98 Å². The highest BCUT2D eigenvalue weighted by molar-refractivity contribution is 6.34. The number of nitrogens with two attached hydrogens (primary N) is 1. The van der Waals surface area contributed by atoms with Crippen LogP contribution >= 0.6 is 11.6 Å². The lowest BCUT2D eigenvalue weighted by Gasteiger charge is -2.33. The van der Waals surface area contributed by atoms with Crippen LogP contribution in [0.3, 0.4) is 0 Å². The molecule has 1 aliphatic heterocycles. The molecule has 0 saturated heterocycles. The Kier molecular flexibility index (Phi) is 3.55. The second-order valence-corrected chi connectivity index (χ2v) is 5.85. The first-order chi connectivity index (χ1) is 10.1. The van der Waals surface area contributed by atoms with Crippen molar-refractivity contribution in [3.05, 3.63) is 52.7 Å². The van der Waals surface area contributed by atoms with Gasteiger partial charge in [-0.3, -0.25) is 4.79 Å². The fourth-order valence-corrected chi connectivity index (χ4v) is 2.94. The molecule has 0 bridgehead atoms. The van der Waals surface area contributed by atoms with E-state index in [1.807, 2.05) is 18.2 Å². The van der Waals surface area contributed by atoms with Crippen LogP contribution in [-0.4, -0.2) is 17.4 Å². The van der Waals surface area contributed by atoms with E-state index in [1.54, 1.807) is 4.90 Å². The van der Waals surface area contributed by atoms with Crippen molar-refractivity contribution in [2.24, 2.45) is 5.92 Å². The van der Waals surface area contributed by atoms with Gasteiger partial charge in [0.15, 0.2) is 0 Å². The SMILES string of the molecule is CC1Cc2ccccc2N(C(=O)c2cc(N)ncc2Cl)C1. The molecule has 21 heavy (non-hydrogen) atoms. The van der Waals surface area contributed by atoms with Crippen molar-refractivity contribution in [1.29, 1.82) is 0 Å². The van der Waals surface area contributed by atoms with E-state index < -0.39 is 0 Å². The summed E-state index contributed by atoms with van der Waals surface area (Å²) in [6.45, 7) is 2.81. The molecule has 3 rings (SSSR count). The van der Waals surface area contributed by atoms with Crippen molar-refractivity contribution in [3.63, 3.8) is 0 Å². The third-order valence-corrected chi connectivity index (χ3v) is 4.00. The fraction of sp³-hybridized carbons (Fsp3) is 0.250. The zero-order valence-electron chi connectivity index (χ0n) is 11.7. The highest BCUT2D eigenvalue weighted by Gasteiger charge is 2.28. The highest BCUT2D eigenvalue weighted by Crippen LogP contribution is 2.31. The standard InChI is InChI=1S/C16H16ClN3O/c1-10-6-11-4-2-3-5-14(11)20(9-10)16(21)12-7-15(18)19-8-13(12)17/h2-5,7-8,10H,6,9H2,1H3,(H2,18,19). The lowest BCUT2D eigenvalue weighted by molar-refractivity contribution is 0.0981. The van der Waals surface area contributed by atoms with Crippen LogP contribution in [0.1, 0.15) is 22.8 Å². The van der Waals surface area contributed by atoms with Gasteiger partial charge in [0, 0.05) is 18.4 Å². The van der Waals surface area contributed by atoms with E-state index in [1.165, 1.54) is 17.8 Å². The molecule has 108 valence electrons. The van der Waals surface area contributed by atoms with Crippen LogP contribution in [0.15, 0.2) is 36.5 Å². The van der Waals surface area contributed by atoms with Crippen molar-refractivity contribution in [2.45, 2.75) is 13.3 Å². The van der Waals surface area contributed by atoms with Crippen LogP contribution in [0, 0.1) is 5.92 Å². The van der Waals surface area contributed by atoms with Gasteiger partial charge >= 0.3 is 0 Å². The summed E-state index contributed by atoms with van der Waals surface area (Å²) in [6, 6.07) is 9.51. The zero-order valence-corrected chi connectivity index (χ0v) is 12.5. The van der Waals surface area contributed by atoms with E-state index in [4.69, 9.17) is 17.3 Å². The number of fused-ring (bicyclic) bond motifs is 1. The van der Waals surface area contributed by atoms with Crippen LogP contribution in [-0.2, 0) is 6.42 Å². The number of aromatic nitrogens is 1. The van der Waals surface area contributed by atoms with Gasteiger partial charge < -0.3 is 10.6 Å². The molecule has 1 aromatic heterocycles. The van der Waals surface area contributed by atoms with E-state index in [0.29, 0.717) is 28.9 Å². The molecule has 0 fully saturated rings. The Morgan fingerprint density at radius 3 is 3.00 bits per heavy atom. The maximum absolute atomic E-state index is 12.8. The number of rotatable bonds is 1. The summed E-state index contributed by atoms with van der Waals surface area (Å²) in [5.41, 5.74) is 8.21. The van der Waals surface area contributed by atoms with Crippen molar-refractivity contribution in [1.82, 2.24) is 4.98 Å². The molecule has 1 aliphatic rings. The third-order valence-electron chi connectivity index (χ3n) is 3.70. The van der Waals surface area contributed by atoms with Crippen molar-refractivity contribution >= 4 is 29.0 Å². The molecule has 0 radical (unpaired) electrons. The summed E-state index contributed by atoms with van der Waals surface area (Å²) in [5.74, 6) is 0.566. The first-order valence-corrected chi connectivity index (χ1v) is 7.25. The number of amides is 1. The average molecular weight is 302 g/mol. The molecule has 1 aromatic carbocycles. The molecule has 4 nitrogen and oxygen atoms in total. The zero-order chi connectivity index (χ0) is 15.0. The van der Waals surface area contributed by atoms with E-state index in [2.05, 4.69) is 18.0 Å². The van der Waals surface area contributed by atoms with E-state index in [9.17, 15) is 4.79 Å². The lowest BCUT2D eigenvalue weighted by Crippen LogP contribution is -2.39. The molecule has 0 saturated carbocycles. The number of hydrogen-bond donors (Lipinski definition) is 1. The Balaban J connectivity index is 2.04. The van der Waals surface area contributed by atoms with Gasteiger partial charge in [-0.15, -0.1) is 0 Å². The highest BCUT2D eigenvalue weighted by atomic mass is 35.5. The van der Waals surface area contributed by atoms with Crippen LogP contribution in [0.2, 0.25) is 5.02 Å². The number of nitrogen functional groups attached to an aromatic ring is 1. The van der Waals surface area contributed by atoms with Gasteiger partial charge in [0.25, 0.3) is 5.91 Å². The van der Waals surface area contributed by atoms with Crippen LogP contribution in [0.5, 0.6) is 0 Å². The number of carbonyl (C=O) groups is 1. The van der Waals surface area contributed by atoms with Gasteiger partial charge in [0.05, 0.1) is 10.6 Å². The normalized spacial score (nSPS) is 17.4. The summed E-state index contributed by atoms with van der Waals surface area (Å²) >= 11 is 6.11. The molecule has 1 atom stereocenters. The smallest absolute Gasteiger partial charge is 0.259 e. The van der Waals surface area contributed by atoms with Crippen molar-refractivity contribution in [2.75, 3.05) is 17.2 Å². The molecule has 2 aromatic rings. The summed E-state index contributed by atoms with van der Waals surface area (Å²) in [6.07, 6.45) is 2.40. The topological polar surface area (TPSA) is 59.2 Å². The minimum absolute atomic E-state index is 0.131. The Hall–Kier alpha value is -2.07. The van der Waals surface area contributed by atoms with E-state index >= 15 is 0 Å². The van der Waals surface area contributed by atoms with Gasteiger partial charge in [0.1, 0.15) is 5.82 Å². The lowest BCUT2D eigenvalue weighted by atomic mass is 9.93. The molecular formula is C16H16ClN3O. The Morgan fingerprint density at radius 2 is 2.19 bits per heavy atom. The molecule has 0 spiro atoms. The van der Waals surface area contributed by atoms with E-state index in [0.717, 1.165) is 12.1 Å². The molecular weight excluding hydrogens is 286 g/mol. The van der Waals surface area contributed by atoms with Crippen LogP contribution in [0.4, 0.5) is 11.5 Å². The number of anilines is 2. The molecule has 1 amide bonds. The Bertz CT molecular complexity index is 702. The number of pyridine rings is 1. The second-order valence-electron chi connectivity index (χ2n) is 5.44. The van der Waals surface area contributed by atoms with Gasteiger partial charge in [-0.05, 0) is 30.0 Å². The monoisotopic (exact) mass is 301 g/mol. The number of halogens is 1. The minimum Gasteiger partial charge on any atom is -0.384 e. The first-order valence-electron chi connectivity index (χ1n) is 6.87. The quantitative estimate of drug-likeness (QED) is 0.880. The summed E-state index contributed by atoms with van der Waals surface area (Å²) < 4.78 is 0. The van der Waals surface area contributed by atoms with Gasteiger partial charge in [-0.1, -0.05) is 36.7 Å². The number of benzene rings is 1. The molecule has 2 heterocycles. The predicted molar refractivity (Wildman–Crippen MR) is 84.6 cm³/mol. The molecule has 5 heteroatoms. The number of carbonyl (C=O) groups excluding carboxylic acids is 1. The van der Waals surface area contributed by atoms with Crippen LogP contribution in [0.25, 0.3) is 0 Å². The summed E-state index contributed by atoms with van der Waals surface area (Å²) in [4.78, 5) is 18.5. The fourth-order valence-electron chi connectivity index (χ4n) is 2.75. The minimum atomic E-state index is -0.131. The maximum Gasteiger partial charge on any atom is 0.259 e. The molecule has 2 N–H and O–H groups in total. The largest absolute Gasteiger partial charge is 0.384 e. The molecule has 0 aliphatic carbocycles. The Labute approximate surface area is 128 Å². The second kappa shape index (κ2) is 5.37. The summed E-state index contributed by atoms with van der Waals surface area (Å²) in [5, 5.41) is 0.324. The number of para-hydroxylation sites is 1. The summed E-state index contributed by atoms with van der Waals surface area (Å²) in [7, 11) is 0. The number of hydrogen-bond acceptors (Lipinski definition) is 3. The van der Waals surface area contributed by atoms with Crippen molar-refractivity contribution in [3.8, 4) is 0 Å². The van der Waals surface area contributed by atoms with Gasteiger partial charge in [-0.2, -0.15) is 0 Å². The third kappa shape index (κ3) is 2.59. The van der Waals surface area contributed by atoms with Gasteiger partial charge in [0.2, 0.25) is 0 Å². The first kappa shape index (κ1) is 13.9. The Morgan fingerprint density at radius 1 is 1.43 bits per heavy atom. The van der Waals surface area contributed by atoms with Crippen molar-refractivity contribution < 1.29 is 4.79 Å².